The van der Waals surface area contributed by atoms with Gasteiger partial charge in [0.25, 0.3) is 5.91 Å². The zero-order valence-corrected chi connectivity index (χ0v) is 14.8. The lowest BCUT2D eigenvalue weighted by atomic mass is 10.1. The topological polar surface area (TPSA) is 76.1 Å². The third-order valence-electron chi connectivity index (χ3n) is 3.86. The lowest BCUT2D eigenvalue weighted by Gasteiger charge is -2.08. The number of carbonyl (C=O) groups is 1. The highest BCUT2D eigenvalue weighted by Crippen LogP contribution is 2.19. The summed E-state index contributed by atoms with van der Waals surface area (Å²) >= 11 is 0. The number of ether oxygens (including phenoxy) is 1. The number of aromatic nitrogens is 2. The van der Waals surface area contributed by atoms with Crippen molar-refractivity contribution >= 4 is 17.4 Å². The van der Waals surface area contributed by atoms with Crippen LogP contribution in [0.4, 0.5) is 15.9 Å². The summed E-state index contributed by atoms with van der Waals surface area (Å²) in [6.45, 7) is 0.311. The SMILES string of the molecule is COc1cccc(Nc2cnc(C(=O)NCCc3ccccc3F)cn2)c1. The molecule has 0 saturated heterocycles. The van der Waals surface area contributed by atoms with Crippen LogP contribution in [-0.4, -0.2) is 29.5 Å². The summed E-state index contributed by atoms with van der Waals surface area (Å²) in [6.07, 6.45) is 3.27. The van der Waals surface area contributed by atoms with Crippen LogP contribution in [0.15, 0.2) is 60.9 Å². The maximum atomic E-state index is 13.6. The predicted molar refractivity (Wildman–Crippen MR) is 101 cm³/mol. The molecule has 138 valence electrons. The van der Waals surface area contributed by atoms with E-state index in [9.17, 15) is 9.18 Å². The van der Waals surface area contributed by atoms with E-state index in [4.69, 9.17) is 4.74 Å². The van der Waals surface area contributed by atoms with Crippen molar-refractivity contribution in [1.29, 1.82) is 0 Å². The molecule has 0 bridgehead atoms. The molecule has 3 rings (SSSR count). The van der Waals surface area contributed by atoms with Crippen LogP contribution >= 0.6 is 0 Å². The van der Waals surface area contributed by atoms with Crippen LogP contribution in [0.5, 0.6) is 5.75 Å². The molecule has 0 atom stereocenters. The number of hydrogen-bond acceptors (Lipinski definition) is 5. The lowest BCUT2D eigenvalue weighted by Crippen LogP contribution is -2.26. The van der Waals surface area contributed by atoms with Crippen LogP contribution in [0.1, 0.15) is 16.1 Å². The molecule has 1 aromatic heterocycles. The van der Waals surface area contributed by atoms with E-state index in [1.165, 1.54) is 18.5 Å². The third kappa shape index (κ3) is 5.01. The third-order valence-corrected chi connectivity index (χ3v) is 3.86. The van der Waals surface area contributed by atoms with Crippen molar-refractivity contribution in [2.24, 2.45) is 0 Å². The minimum atomic E-state index is -0.355. The van der Waals surface area contributed by atoms with Gasteiger partial charge in [-0.1, -0.05) is 24.3 Å². The molecule has 0 aliphatic heterocycles. The lowest BCUT2D eigenvalue weighted by molar-refractivity contribution is 0.0948. The van der Waals surface area contributed by atoms with Crippen LogP contribution in [0.2, 0.25) is 0 Å². The highest BCUT2D eigenvalue weighted by Gasteiger charge is 2.09. The average molecular weight is 366 g/mol. The van der Waals surface area contributed by atoms with Gasteiger partial charge in [-0.2, -0.15) is 0 Å². The smallest absolute Gasteiger partial charge is 0.271 e. The van der Waals surface area contributed by atoms with Crippen LogP contribution in [0, 0.1) is 5.82 Å². The summed E-state index contributed by atoms with van der Waals surface area (Å²) in [4.78, 5) is 20.4. The number of hydrogen-bond donors (Lipinski definition) is 2. The molecular formula is C20H19FN4O2. The monoisotopic (exact) mass is 366 g/mol. The van der Waals surface area contributed by atoms with Crippen molar-refractivity contribution in [2.75, 3.05) is 19.0 Å². The Balaban J connectivity index is 1.54. The Kier molecular flexibility index (Phi) is 5.94. The van der Waals surface area contributed by atoms with E-state index < -0.39 is 0 Å². The Morgan fingerprint density at radius 3 is 2.70 bits per heavy atom. The number of nitrogens with zero attached hydrogens (tertiary/aromatic N) is 2. The highest BCUT2D eigenvalue weighted by atomic mass is 19.1. The van der Waals surface area contributed by atoms with Crippen molar-refractivity contribution in [3.63, 3.8) is 0 Å². The van der Waals surface area contributed by atoms with Crippen LogP contribution in [0.25, 0.3) is 0 Å². The van der Waals surface area contributed by atoms with E-state index >= 15 is 0 Å². The standard InChI is InChI=1S/C20H19FN4O2/c1-27-16-7-4-6-15(11-16)25-19-13-23-18(12-24-19)20(26)22-10-9-14-5-2-3-8-17(14)21/h2-8,11-13H,9-10H2,1H3,(H,22,26)(H,24,25). The molecule has 1 amide bonds. The normalized spacial score (nSPS) is 10.3. The fourth-order valence-corrected chi connectivity index (χ4v) is 2.46. The van der Waals surface area contributed by atoms with Crippen LogP contribution in [0.3, 0.4) is 0 Å². The van der Waals surface area contributed by atoms with Gasteiger partial charge in [-0.25, -0.2) is 14.4 Å². The van der Waals surface area contributed by atoms with E-state index in [0.29, 0.717) is 24.3 Å². The van der Waals surface area contributed by atoms with Crippen molar-refractivity contribution in [3.8, 4) is 5.75 Å². The van der Waals surface area contributed by atoms with Gasteiger partial charge in [0.15, 0.2) is 0 Å². The molecule has 0 aliphatic carbocycles. The zero-order valence-electron chi connectivity index (χ0n) is 14.8. The van der Waals surface area contributed by atoms with Crippen LogP contribution in [-0.2, 0) is 6.42 Å². The first-order valence-electron chi connectivity index (χ1n) is 8.40. The van der Waals surface area contributed by atoms with Crippen molar-refractivity contribution in [2.45, 2.75) is 6.42 Å². The molecule has 6 nitrogen and oxygen atoms in total. The molecule has 0 radical (unpaired) electrons. The van der Waals surface area contributed by atoms with Gasteiger partial charge in [0, 0.05) is 18.3 Å². The Bertz CT molecular complexity index is 916. The Labute approximate surface area is 156 Å². The number of nitrogens with one attached hydrogen (secondary N) is 2. The van der Waals surface area contributed by atoms with Crippen LogP contribution < -0.4 is 15.4 Å². The molecule has 1 heterocycles. The van der Waals surface area contributed by atoms with E-state index in [2.05, 4.69) is 20.6 Å². The number of anilines is 2. The molecule has 2 N–H and O–H groups in total. The minimum absolute atomic E-state index is 0.194. The summed E-state index contributed by atoms with van der Waals surface area (Å²) in [6, 6.07) is 13.9. The number of methoxy groups -OCH3 is 1. The average Bonchev–Trinajstić information content (AvgIpc) is 2.70. The first-order valence-corrected chi connectivity index (χ1v) is 8.40. The number of carbonyl (C=O) groups excluding carboxylic acids is 1. The first-order chi connectivity index (χ1) is 13.2. The summed E-state index contributed by atoms with van der Waals surface area (Å²) in [5.41, 5.74) is 1.55. The second-order valence-corrected chi connectivity index (χ2v) is 5.74. The second-order valence-electron chi connectivity index (χ2n) is 5.74. The Hall–Kier alpha value is -3.48. The molecule has 0 aliphatic rings. The zero-order chi connectivity index (χ0) is 19.1. The number of amides is 1. The Morgan fingerprint density at radius 1 is 1.11 bits per heavy atom. The van der Waals surface area contributed by atoms with Crippen molar-refractivity contribution in [1.82, 2.24) is 15.3 Å². The van der Waals surface area contributed by atoms with Gasteiger partial charge in [-0.15, -0.1) is 0 Å². The molecule has 0 fully saturated rings. The van der Waals surface area contributed by atoms with Gasteiger partial charge in [0.2, 0.25) is 0 Å². The van der Waals surface area contributed by atoms with E-state index in [1.807, 2.05) is 24.3 Å². The minimum Gasteiger partial charge on any atom is -0.497 e. The largest absolute Gasteiger partial charge is 0.497 e. The quantitative estimate of drug-likeness (QED) is 0.671. The molecule has 0 unspecified atom stereocenters. The van der Waals surface area contributed by atoms with E-state index in [1.54, 1.807) is 25.3 Å². The van der Waals surface area contributed by atoms with E-state index in [0.717, 1.165) is 11.4 Å². The molecule has 3 aromatic rings. The fourth-order valence-electron chi connectivity index (χ4n) is 2.46. The van der Waals surface area contributed by atoms with E-state index in [-0.39, 0.29) is 17.4 Å². The molecule has 2 aromatic carbocycles. The first kappa shape index (κ1) is 18.3. The van der Waals surface area contributed by atoms with Gasteiger partial charge < -0.3 is 15.4 Å². The summed E-state index contributed by atoms with van der Waals surface area (Å²) in [7, 11) is 1.60. The highest BCUT2D eigenvalue weighted by molar-refractivity contribution is 5.92. The number of rotatable bonds is 7. The van der Waals surface area contributed by atoms with Gasteiger partial charge in [-0.3, -0.25) is 4.79 Å². The maximum Gasteiger partial charge on any atom is 0.271 e. The Morgan fingerprint density at radius 2 is 1.96 bits per heavy atom. The van der Waals surface area contributed by atoms with Gasteiger partial charge in [0.05, 0.1) is 19.5 Å². The summed E-state index contributed by atoms with van der Waals surface area (Å²) < 4.78 is 18.7. The second kappa shape index (κ2) is 8.75. The molecule has 7 heteroatoms. The molecular weight excluding hydrogens is 347 g/mol. The van der Waals surface area contributed by atoms with Gasteiger partial charge in [0.1, 0.15) is 23.1 Å². The number of halogens is 1. The summed E-state index contributed by atoms with van der Waals surface area (Å²) in [5, 5.41) is 5.80. The van der Waals surface area contributed by atoms with Gasteiger partial charge in [-0.05, 0) is 30.2 Å². The summed E-state index contributed by atoms with van der Waals surface area (Å²) in [5.74, 6) is 0.594. The maximum absolute atomic E-state index is 13.6. The molecule has 27 heavy (non-hydrogen) atoms. The predicted octanol–water partition coefficient (Wildman–Crippen LogP) is 3.34. The van der Waals surface area contributed by atoms with Crippen molar-refractivity contribution < 1.29 is 13.9 Å². The fraction of sp³-hybridized carbons (Fsp3) is 0.150. The molecule has 0 spiro atoms. The van der Waals surface area contributed by atoms with Gasteiger partial charge >= 0.3 is 0 Å². The number of benzene rings is 2. The molecule has 0 saturated carbocycles. The van der Waals surface area contributed by atoms with Crippen molar-refractivity contribution in [3.05, 3.63) is 78.0 Å².